The van der Waals surface area contributed by atoms with Crippen molar-refractivity contribution in [3.63, 3.8) is 0 Å². The smallest absolute Gasteiger partial charge is 0.279 e. The number of carbonyl (C=O) groups is 2. The number of hydrogen-bond donors (Lipinski definition) is 2. The summed E-state index contributed by atoms with van der Waals surface area (Å²) in [6, 6.07) is 13.3. The number of nitrogens with zero attached hydrogens (tertiary/aromatic N) is 1. The molecule has 0 atom stereocenters. The molecule has 0 unspecified atom stereocenters. The lowest BCUT2D eigenvalue weighted by molar-refractivity contribution is -0.895. The monoisotopic (exact) mass is 412 g/mol. The minimum Gasteiger partial charge on any atom is -0.494 e. The lowest BCUT2D eigenvalue weighted by Crippen LogP contribution is -3.15. The summed E-state index contributed by atoms with van der Waals surface area (Å²) >= 11 is 0. The second-order valence-electron chi connectivity index (χ2n) is 7.14. The van der Waals surface area contributed by atoms with Crippen LogP contribution in [-0.4, -0.2) is 56.0 Å². The Morgan fingerprint density at radius 3 is 2.40 bits per heavy atom. The normalized spacial score (nSPS) is 14.7. The number of rotatable bonds is 7. The first-order valence-electron chi connectivity index (χ1n) is 10.1. The molecule has 0 aromatic heterocycles. The molecule has 1 saturated heterocycles. The molecule has 0 saturated carbocycles. The fourth-order valence-corrected chi connectivity index (χ4v) is 3.30. The van der Waals surface area contributed by atoms with E-state index in [1.165, 1.54) is 24.3 Å². The third kappa shape index (κ3) is 6.42. The first-order valence-corrected chi connectivity index (χ1v) is 10.1. The van der Waals surface area contributed by atoms with Crippen molar-refractivity contribution >= 4 is 23.6 Å². The number of amides is 2. The number of piperazine rings is 1. The molecule has 30 heavy (non-hydrogen) atoms. The van der Waals surface area contributed by atoms with Crippen LogP contribution in [0.2, 0.25) is 0 Å². The van der Waals surface area contributed by atoms with Crippen molar-refractivity contribution in [3.8, 4) is 5.75 Å². The Morgan fingerprint density at radius 1 is 1.10 bits per heavy atom. The van der Waals surface area contributed by atoms with Crippen molar-refractivity contribution < 1.29 is 23.6 Å². The van der Waals surface area contributed by atoms with Gasteiger partial charge in [-0.2, -0.15) is 0 Å². The molecular formula is C23H27FN3O3+. The average molecular weight is 412 g/mol. The standard InChI is InChI=1S/C23H26FN3O3/c1-2-30-21-10-3-18(4-11-21)5-12-23(29)27-15-13-26(14-16-27)17-22(28)25-20-8-6-19(24)7-9-20/h3-12H,2,13-17H2,1H3,(H,25,28)/p+1/b12-5+. The summed E-state index contributed by atoms with van der Waals surface area (Å²) < 4.78 is 18.3. The fourth-order valence-electron chi connectivity index (χ4n) is 3.30. The first-order chi connectivity index (χ1) is 14.5. The van der Waals surface area contributed by atoms with Crippen LogP contribution in [0.15, 0.2) is 54.6 Å². The summed E-state index contributed by atoms with van der Waals surface area (Å²) in [5, 5.41) is 2.77. The Morgan fingerprint density at radius 2 is 1.77 bits per heavy atom. The van der Waals surface area contributed by atoms with Crippen molar-refractivity contribution in [1.29, 1.82) is 0 Å². The van der Waals surface area contributed by atoms with Gasteiger partial charge >= 0.3 is 0 Å². The fraction of sp³-hybridized carbons (Fsp3) is 0.304. The number of carbonyl (C=O) groups excluding carboxylic acids is 2. The van der Waals surface area contributed by atoms with Crippen LogP contribution in [0.5, 0.6) is 5.75 Å². The molecule has 7 heteroatoms. The molecule has 0 radical (unpaired) electrons. The van der Waals surface area contributed by atoms with E-state index in [0.717, 1.165) is 16.2 Å². The number of anilines is 1. The van der Waals surface area contributed by atoms with Crippen molar-refractivity contribution in [3.05, 3.63) is 66.0 Å². The van der Waals surface area contributed by atoms with Gasteiger partial charge in [-0.1, -0.05) is 12.1 Å². The number of benzene rings is 2. The highest BCUT2D eigenvalue weighted by atomic mass is 19.1. The lowest BCUT2D eigenvalue weighted by atomic mass is 10.2. The van der Waals surface area contributed by atoms with E-state index in [2.05, 4.69) is 5.32 Å². The van der Waals surface area contributed by atoms with Gasteiger partial charge in [-0.3, -0.25) is 9.59 Å². The maximum absolute atomic E-state index is 12.9. The van der Waals surface area contributed by atoms with Gasteiger partial charge in [0.2, 0.25) is 5.91 Å². The molecular weight excluding hydrogens is 385 g/mol. The maximum atomic E-state index is 12.9. The number of quaternary nitrogens is 1. The molecule has 0 bridgehead atoms. The van der Waals surface area contributed by atoms with Gasteiger partial charge < -0.3 is 19.9 Å². The molecule has 158 valence electrons. The van der Waals surface area contributed by atoms with Crippen LogP contribution >= 0.6 is 0 Å². The van der Waals surface area contributed by atoms with Crippen LogP contribution in [0.25, 0.3) is 6.08 Å². The lowest BCUT2D eigenvalue weighted by Gasteiger charge is -2.31. The molecule has 1 fully saturated rings. The van der Waals surface area contributed by atoms with Crippen LogP contribution in [0.3, 0.4) is 0 Å². The van der Waals surface area contributed by atoms with Gasteiger partial charge in [0.1, 0.15) is 11.6 Å². The molecule has 1 heterocycles. The van der Waals surface area contributed by atoms with E-state index in [1.807, 2.05) is 31.2 Å². The minimum absolute atomic E-state index is 0.0290. The van der Waals surface area contributed by atoms with E-state index in [1.54, 1.807) is 17.1 Å². The Hall–Kier alpha value is -3.19. The summed E-state index contributed by atoms with van der Waals surface area (Å²) in [5.74, 6) is 0.324. The maximum Gasteiger partial charge on any atom is 0.279 e. The molecule has 0 aliphatic carbocycles. The summed E-state index contributed by atoms with van der Waals surface area (Å²) in [6.45, 7) is 5.50. The predicted molar refractivity (Wildman–Crippen MR) is 114 cm³/mol. The van der Waals surface area contributed by atoms with Gasteiger partial charge in [0.05, 0.1) is 32.8 Å². The zero-order valence-electron chi connectivity index (χ0n) is 17.1. The number of hydrogen-bond acceptors (Lipinski definition) is 3. The highest BCUT2D eigenvalue weighted by Crippen LogP contribution is 2.13. The van der Waals surface area contributed by atoms with Crippen molar-refractivity contribution in [2.45, 2.75) is 6.92 Å². The van der Waals surface area contributed by atoms with Gasteiger partial charge in [0.25, 0.3) is 5.91 Å². The van der Waals surface area contributed by atoms with Gasteiger partial charge in [0.15, 0.2) is 6.54 Å². The quantitative estimate of drug-likeness (QED) is 0.679. The molecule has 2 aromatic rings. The largest absolute Gasteiger partial charge is 0.494 e. The van der Waals surface area contributed by atoms with Gasteiger partial charge in [-0.25, -0.2) is 4.39 Å². The van der Waals surface area contributed by atoms with E-state index in [4.69, 9.17) is 4.74 Å². The van der Waals surface area contributed by atoms with Crippen molar-refractivity contribution in [2.75, 3.05) is 44.6 Å². The zero-order valence-corrected chi connectivity index (χ0v) is 17.1. The summed E-state index contributed by atoms with van der Waals surface area (Å²) in [4.78, 5) is 27.5. The molecule has 3 rings (SSSR count). The number of nitrogens with one attached hydrogen (secondary N) is 2. The summed E-state index contributed by atoms with van der Waals surface area (Å²) in [5.41, 5.74) is 1.52. The van der Waals surface area contributed by atoms with Crippen LogP contribution < -0.4 is 15.0 Å². The molecule has 2 aromatic carbocycles. The third-order valence-corrected chi connectivity index (χ3v) is 4.93. The van der Waals surface area contributed by atoms with E-state index >= 15 is 0 Å². The molecule has 1 aliphatic rings. The minimum atomic E-state index is -0.337. The van der Waals surface area contributed by atoms with Crippen LogP contribution in [0, 0.1) is 5.82 Å². The van der Waals surface area contributed by atoms with E-state index < -0.39 is 0 Å². The van der Waals surface area contributed by atoms with Crippen molar-refractivity contribution in [2.24, 2.45) is 0 Å². The Bertz CT molecular complexity index is 874. The molecule has 2 N–H and O–H groups in total. The van der Waals surface area contributed by atoms with Crippen LogP contribution in [0.1, 0.15) is 12.5 Å². The topological polar surface area (TPSA) is 63.1 Å². The molecule has 2 amide bonds. The highest BCUT2D eigenvalue weighted by Gasteiger charge is 2.24. The Kier molecular flexibility index (Phi) is 7.57. The predicted octanol–water partition coefficient (Wildman–Crippen LogP) is 1.60. The highest BCUT2D eigenvalue weighted by molar-refractivity contribution is 5.92. The van der Waals surface area contributed by atoms with E-state index in [9.17, 15) is 14.0 Å². The van der Waals surface area contributed by atoms with Crippen LogP contribution in [-0.2, 0) is 9.59 Å². The van der Waals surface area contributed by atoms with Gasteiger partial charge in [0, 0.05) is 11.8 Å². The first kappa shape index (κ1) is 21.5. The van der Waals surface area contributed by atoms with Crippen molar-refractivity contribution in [1.82, 2.24) is 4.90 Å². The van der Waals surface area contributed by atoms with Gasteiger partial charge in [-0.15, -0.1) is 0 Å². The molecule has 6 nitrogen and oxygen atoms in total. The second kappa shape index (κ2) is 10.5. The van der Waals surface area contributed by atoms with E-state index in [-0.39, 0.29) is 17.6 Å². The number of halogens is 1. The van der Waals surface area contributed by atoms with Gasteiger partial charge in [-0.05, 0) is 55.0 Å². The zero-order chi connectivity index (χ0) is 21.3. The SMILES string of the molecule is CCOc1ccc(/C=C/C(=O)N2CC[NH+](CC(=O)Nc3ccc(F)cc3)CC2)cc1. The average Bonchev–Trinajstić information content (AvgIpc) is 2.75. The molecule has 1 aliphatic heterocycles. The van der Waals surface area contributed by atoms with E-state index in [0.29, 0.717) is 45.0 Å². The summed E-state index contributed by atoms with van der Waals surface area (Å²) in [7, 11) is 0. The molecule has 0 spiro atoms. The number of ether oxygens (including phenoxy) is 1. The Labute approximate surface area is 175 Å². The second-order valence-corrected chi connectivity index (χ2v) is 7.14. The van der Waals surface area contributed by atoms with Crippen LogP contribution in [0.4, 0.5) is 10.1 Å². The Balaban J connectivity index is 1.42. The third-order valence-electron chi connectivity index (χ3n) is 4.93. The summed E-state index contributed by atoms with van der Waals surface area (Å²) in [6.07, 6.45) is 3.38.